The van der Waals surface area contributed by atoms with Crippen molar-refractivity contribution in [2.75, 3.05) is 0 Å². The summed E-state index contributed by atoms with van der Waals surface area (Å²) in [4.78, 5) is 0. The molecule has 1 unspecified atom stereocenters. The lowest BCUT2D eigenvalue weighted by Crippen LogP contribution is -2.03. The van der Waals surface area contributed by atoms with Crippen molar-refractivity contribution in [3.8, 4) is 0 Å². The molecule has 0 nitrogen and oxygen atoms in total. The molecule has 0 bridgehead atoms. The van der Waals surface area contributed by atoms with Gasteiger partial charge in [0.2, 0.25) is 0 Å². The molecular formula is C11H20. The summed E-state index contributed by atoms with van der Waals surface area (Å²) in [6.07, 6.45) is 7.52. The van der Waals surface area contributed by atoms with Crippen molar-refractivity contribution in [1.82, 2.24) is 0 Å². The smallest absolute Gasteiger partial charge is 0.0269 e. The van der Waals surface area contributed by atoms with Crippen LogP contribution in [0.2, 0.25) is 0 Å². The third-order valence-electron chi connectivity index (χ3n) is 4.14. The minimum atomic E-state index is 0.669. The van der Waals surface area contributed by atoms with Crippen LogP contribution in [-0.4, -0.2) is 0 Å². The first kappa shape index (κ1) is 7.64. The Hall–Kier alpha value is 0. The maximum absolute atomic E-state index is 2.47. The fourth-order valence-corrected chi connectivity index (χ4v) is 2.29. The zero-order valence-corrected chi connectivity index (χ0v) is 8.11. The first-order chi connectivity index (χ1) is 5.04. The van der Waals surface area contributed by atoms with Crippen molar-refractivity contribution in [2.45, 2.75) is 52.9 Å². The van der Waals surface area contributed by atoms with Crippen molar-refractivity contribution in [3.05, 3.63) is 0 Å². The summed E-state index contributed by atoms with van der Waals surface area (Å²) in [5.74, 6) is 1.13. The van der Waals surface area contributed by atoms with E-state index in [9.17, 15) is 0 Å². The summed E-state index contributed by atoms with van der Waals surface area (Å²) in [6.45, 7) is 7.30. The van der Waals surface area contributed by atoms with Crippen LogP contribution in [0.25, 0.3) is 0 Å². The average molecular weight is 152 g/mol. The molecule has 11 heavy (non-hydrogen) atoms. The molecule has 1 atom stereocenters. The molecule has 2 aliphatic carbocycles. The highest BCUT2D eigenvalue weighted by atomic mass is 14.6. The van der Waals surface area contributed by atoms with Gasteiger partial charge in [0.25, 0.3) is 0 Å². The van der Waals surface area contributed by atoms with E-state index < -0.39 is 0 Å². The Labute approximate surface area is 70.4 Å². The maximum Gasteiger partial charge on any atom is -0.0269 e. The molecule has 2 aliphatic rings. The van der Waals surface area contributed by atoms with Gasteiger partial charge in [-0.2, -0.15) is 0 Å². The van der Waals surface area contributed by atoms with E-state index in [4.69, 9.17) is 0 Å². The molecule has 2 fully saturated rings. The molecule has 2 rings (SSSR count). The first-order valence-electron chi connectivity index (χ1n) is 5.04. The van der Waals surface area contributed by atoms with Crippen molar-refractivity contribution in [1.29, 1.82) is 0 Å². The molecule has 0 heterocycles. The largest absolute Gasteiger partial charge is 0.0594 e. The Morgan fingerprint density at radius 1 is 1.18 bits per heavy atom. The summed E-state index contributed by atoms with van der Waals surface area (Å²) in [6, 6.07) is 0. The Morgan fingerprint density at radius 2 is 1.73 bits per heavy atom. The minimum absolute atomic E-state index is 0.669. The zero-order valence-electron chi connectivity index (χ0n) is 8.11. The molecule has 0 saturated heterocycles. The predicted octanol–water partition coefficient (Wildman–Crippen LogP) is 3.61. The summed E-state index contributed by atoms with van der Waals surface area (Å²) >= 11 is 0. The van der Waals surface area contributed by atoms with E-state index in [-0.39, 0.29) is 0 Å². The molecule has 2 saturated carbocycles. The Bertz CT molecular complexity index is 165. The second-order valence-electron chi connectivity index (χ2n) is 5.60. The summed E-state index contributed by atoms with van der Waals surface area (Å²) in [7, 11) is 0. The van der Waals surface area contributed by atoms with Crippen molar-refractivity contribution >= 4 is 0 Å². The van der Waals surface area contributed by atoms with Gasteiger partial charge in [0.1, 0.15) is 0 Å². The average Bonchev–Trinajstić information content (AvgIpc) is 2.69. The molecule has 0 spiro atoms. The van der Waals surface area contributed by atoms with E-state index in [0.717, 1.165) is 11.3 Å². The molecule has 0 radical (unpaired) electrons. The van der Waals surface area contributed by atoms with Crippen molar-refractivity contribution in [3.63, 3.8) is 0 Å². The molecule has 64 valence electrons. The van der Waals surface area contributed by atoms with Gasteiger partial charge in [-0.1, -0.05) is 33.6 Å². The minimum Gasteiger partial charge on any atom is -0.0594 e. The van der Waals surface area contributed by atoms with Gasteiger partial charge in [0.05, 0.1) is 0 Å². The molecule has 0 N–H and O–H groups in total. The Kier molecular flexibility index (Phi) is 1.41. The van der Waals surface area contributed by atoms with Crippen molar-refractivity contribution < 1.29 is 0 Å². The van der Waals surface area contributed by atoms with Crippen LogP contribution in [0.1, 0.15) is 52.9 Å². The standard InChI is InChI=1S/C11H20/c1-10(2)8-11(10,3)7-6-9-4-5-9/h9H,4-8H2,1-3H3. The highest BCUT2D eigenvalue weighted by Gasteiger charge is 2.56. The topological polar surface area (TPSA) is 0 Å². The lowest BCUT2D eigenvalue weighted by Gasteiger charge is -2.13. The second kappa shape index (κ2) is 2.02. The third kappa shape index (κ3) is 1.32. The molecule has 0 amide bonds. The zero-order chi connectivity index (χ0) is 8.11. The molecule has 0 aliphatic heterocycles. The molecule has 0 heteroatoms. The molecule has 0 aromatic heterocycles. The van der Waals surface area contributed by atoms with Gasteiger partial charge >= 0.3 is 0 Å². The van der Waals surface area contributed by atoms with Crippen LogP contribution in [0.3, 0.4) is 0 Å². The van der Waals surface area contributed by atoms with Gasteiger partial charge in [-0.15, -0.1) is 0 Å². The van der Waals surface area contributed by atoms with E-state index in [1.165, 1.54) is 32.1 Å². The van der Waals surface area contributed by atoms with Gasteiger partial charge in [-0.25, -0.2) is 0 Å². The van der Waals surface area contributed by atoms with Crippen LogP contribution in [0.15, 0.2) is 0 Å². The van der Waals surface area contributed by atoms with E-state index in [1.54, 1.807) is 0 Å². The highest BCUT2D eigenvalue weighted by Crippen LogP contribution is 2.66. The van der Waals surface area contributed by atoms with Crippen LogP contribution in [0.4, 0.5) is 0 Å². The summed E-state index contributed by atoms with van der Waals surface area (Å²) in [5, 5.41) is 0. The predicted molar refractivity (Wildman–Crippen MR) is 48.5 cm³/mol. The normalized spacial score (nSPS) is 40.6. The van der Waals surface area contributed by atoms with E-state index >= 15 is 0 Å². The van der Waals surface area contributed by atoms with Crippen molar-refractivity contribution in [2.24, 2.45) is 16.7 Å². The SMILES string of the molecule is CC1(C)CC1(C)CCC1CC1. The van der Waals surface area contributed by atoms with E-state index in [2.05, 4.69) is 20.8 Å². The number of rotatable bonds is 3. The quantitative estimate of drug-likeness (QED) is 0.579. The third-order valence-corrected chi connectivity index (χ3v) is 4.14. The number of hydrogen-bond acceptors (Lipinski definition) is 0. The van der Waals surface area contributed by atoms with Gasteiger partial charge in [-0.3, -0.25) is 0 Å². The van der Waals surface area contributed by atoms with Crippen LogP contribution in [0, 0.1) is 16.7 Å². The molecule has 0 aromatic carbocycles. The van der Waals surface area contributed by atoms with Gasteiger partial charge in [0, 0.05) is 0 Å². The van der Waals surface area contributed by atoms with Gasteiger partial charge in [-0.05, 0) is 36.0 Å². The molecular weight excluding hydrogens is 132 g/mol. The Morgan fingerprint density at radius 3 is 2.09 bits per heavy atom. The van der Waals surface area contributed by atoms with Crippen LogP contribution >= 0.6 is 0 Å². The Balaban J connectivity index is 1.78. The second-order valence-corrected chi connectivity index (χ2v) is 5.60. The lowest BCUT2D eigenvalue weighted by molar-refractivity contribution is 0.371. The van der Waals surface area contributed by atoms with Crippen LogP contribution < -0.4 is 0 Å². The highest BCUT2D eigenvalue weighted by molar-refractivity contribution is 5.06. The fraction of sp³-hybridized carbons (Fsp3) is 1.00. The fourth-order valence-electron chi connectivity index (χ4n) is 2.29. The monoisotopic (exact) mass is 152 g/mol. The number of hydrogen-bond donors (Lipinski definition) is 0. The summed E-state index contributed by atoms with van der Waals surface area (Å²) in [5.41, 5.74) is 1.39. The van der Waals surface area contributed by atoms with Gasteiger partial charge < -0.3 is 0 Å². The van der Waals surface area contributed by atoms with Crippen LogP contribution in [-0.2, 0) is 0 Å². The van der Waals surface area contributed by atoms with Crippen LogP contribution in [0.5, 0.6) is 0 Å². The lowest BCUT2D eigenvalue weighted by atomic mass is 9.92. The van der Waals surface area contributed by atoms with E-state index in [0.29, 0.717) is 5.41 Å². The summed E-state index contributed by atoms with van der Waals surface area (Å²) < 4.78 is 0. The van der Waals surface area contributed by atoms with E-state index in [1.807, 2.05) is 0 Å². The first-order valence-corrected chi connectivity index (χ1v) is 5.04. The van der Waals surface area contributed by atoms with Gasteiger partial charge in [0.15, 0.2) is 0 Å². The molecule has 0 aromatic rings. The maximum atomic E-state index is 2.47.